The van der Waals surface area contributed by atoms with Crippen LogP contribution in [-0.4, -0.2) is 38.7 Å². The molecule has 0 saturated carbocycles. The molecule has 25 heavy (non-hydrogen) atoms. The van der Waals surface area contributed by atoms with Crippen molar-refractivity contribution in [1.82, 2.24) is 19.7 Å². The Labute approximate surface area is 147 Å². The SMILES string of the molecule is CCn1nc(C2CCCCN2C(=O)c2ocnc2C)c2c1CCOC2. The zero-order valence-corrected chi connectivity index (χ0v) is 14.8. The number of rotatable bonds is 3. The lowest BCUT2D eigenvalue weighted by Crippen LogP contribution is -2.39. The molecule has 2 aliphatic rings. The molecule has 0 N–H and O–H groups in total. The van der Waals surface area contributed by atoms with E-state index < -0.39 is 0 Å². The Balaban J connectivity index is 1.71. The third kappa shape index (κ3) is 2.76. The number of piperidine rings is 1. The van der Waals surface area contributed by atoms with Crippen LogP contribution < -0.4 is 0 Å². The first kappa shape index (κ1) is 16.3. The summed E-state index contributed by atoms with van der Waals surface area (Å²) in [6.07, 6.45) is 5.24. The minimum atomic E-state index is -0.0868. The van der Waals surface area contributed by atoms with E-state index in [-0.39, 0.29) is 11.9 Å². The standard InChI is InChI=1S/C18H24N4O3/c1-3-22-14-7-9-24-10-13(14)16(20-22)15-6-4-5-8-21(15)18(23)17-12(2)19-11-25-17/h11,15H,3-10H2,1-2H3. The van der Waals surface area contributed by atoms with Crippen molar-refractivity contribution in [2.24, 2.45) is 0 Å². The number of aryl methyl sites for hydroxylation is 2. The van der Waals surface area contributed by atoms with E-state index >= 15 is 0 Å². The summed E-state index contributed by atoms with van der Waals surface area (Å²) in [6.45, 7) is 6.79. The predicted octanol–water partition coefficient (Wildman–Crippen LogP) is 2.64. The van der Waals surface area contributed by atoms with Gasteiger partial charge in [-0.2, -0.15) is 5.10 Å². The fraction of sp³-hybridized carbons (Fsp3) is 0.611. The Morgan fingerprint density at radius 2 is 2.28 bits per heavy atom. The molecule has 0 spiro atoms. The Hall–Kier alpha value is -2.15. The van der Waals surface area contributed by atoms with E-state index in [1.54, 1.807) is 6.92 Å². The molecule has 1 amide bonds. The Kier molecular flexibility index (Phi) is 4.33. The van der Waals surface area contributed by atoms with Crippen molar-refractivity contribution in [3.63, 3.8) is 0 Å². The molecule has 7 nitrogen and oxygen atoms in total. The number of likely N-dealkylation sites (tertiary alicyclic amines) is 1. The molecule has 2 aliphatic heterocycles. The average molecular weight is 344 g/mol. The fourth-order valence-corrected chi connectivity index (χ4v) is 3.96. The van der Waals surface area contributed by atoms with Gasteiger partial charge in [0.1, 0.15) is 0 Å². The lowest BCUT2D eigenvalue weighted by molar-refractivity contribution is 0.0563. The normalized spacial score (nSPS) is 20.6. The number of hydrogen-bond donors (Lipinski definition) is 0. The summed E-state index contributed by atoms with van der Waals surface area (Å²) in [5, 5.41) is 4.87. The van der Waals surface area contributed by atoms with Crippen molar-refractivity contribution in [1.29, 1.82) is 0 Å². The second-order valence-corrected chi connectivity index (χ2v) is 6.71. The minimum Gasteiger partial charge on any atom is -0.438 e. The molecule has 4 rings (SSSR count). The number of carbonyl (C=O) groups is 1. The number of aromatic nitrogens is 3. The third-order valence-electron chi connectivity index (χ3n) is 5.25. The highest BCUT2D eigenvalue weighted by Gasteiger charge is 2.35. The van der Waals surface area contributed by atoms with Crippen LogP contribution in [0.4, 0.5) is 0 Å². The van der Waals surface area contributed by atoms with Gasteiger partial charge in [0.05, 0.1) is 30.6 Å². The van der Waals surface area contributed by atoms with Crippen LogP contribution in [0.25, 0.3) is 0 Å². The van der Waals surface area contributed by atoms with Gasteiger partial charge in [0.25, 0.3) is 5.91 Å². The Bertz CT molecular complexity index is 779. The van der Waals surface area contributed by atoms with Crippen molar-refractivity contribution in [3.8, 4) is 0 Å². The summed E-state index contributed by atoms with van der Waals surface area (Å²) >= 11 is 0. The molecular formula is C18H24N4O3. The van der Waals surface area contributed by atoms with Crippen LogP contribution >= 0.6 is 0 Å². The Morgan fingerprint density at radius 1 is 1.40 bits per heavy atom. The van der Waals surface area contributed by atoms with Gasteiger partial charge in [0.15, 0.2) is 6.39 Å². The van der Waals surface area contributed by atoms with Crippen molar-refractivity contribution in [3.05, 3.63) is 34.8 Å². The third-order valence-corrected chi connectivity index (χ3v) is 5.25. The van der Waals surface area contributed by atoms with Gasteiger partial charge in [0, 0.05) is 30.8 Å². The monoisotopic (exact) mass is 344 g/mol. The molecule has 0 aliphatic carbocycles. The maximum atomic E-state index is 13.0. The summed E-state index contributed by atoms with van der Waals surface area (Å²) in [4.78, 5) is 19.0. The number of oxazole rings is 1. The summed E-state index contributed by atoms with van der Waals surface area (Å²) in [6, 6.07) is -0.0194. The van der Waals surface area contributed by atoms with E-state index in [4.69, 9.17) is 14.3 Å². The topological polar surface area (TPSA) is 73.4 Å². The largest absolute Gasteiger partial charge is 0.438 e. The van der Waals surface area contributed by atoms with Crippen LogP contribution in [0.1, 0.15) is 65.4 Å². The highest BCUT2D eigenvalue weighted by molar-refractivity contribution is 5.92. The number of nitrogens with zero attached hydrogens (tertiary/aromatic N) is 4. The highest BCUT2D eigenvalue weighted by atomic mass is 16.5. The number of hydrogen-bond acceptors (Lipinski definition) is 5. The summed E-state index contributed by atoms with van der Waals surface area (Å²) in [5.74, 6) is 0.253. The van der Waals surface area contributed by atoms with E-state index in [1.165, 1.54) is 17.7 Å². The van der Waals surface area contributed by atoms with Gasteiger partial charge in [-0.15, -0.1) is 0 Å². The number of fused-ring (bicyclic) bond motifs is 1. The van der Waals surface area contributed by atoms with E-state index in [1.807, 2.05) is 4.90 Å². The second kappa shape index (κ2) is 6.63. The van der Waals surface area contributed by atoms with E-state index in [9.17, 15) is 4.79 Å². The molecule has 7 heteroatoms. The molecule has 0 aromatic carbocycles. The zero-order chi connectivity index (χ0) is 17.4. The minimum absolute atomic E-state index is 0.0194. The first-order chi connectivity index (χ1) is 12.2. The van der Waals surface area contributed by atoms with Crippen LogP contribution in [0.3, 0.4) is 0 Å². The molecule has 1 fully saturated rings. The highest BCUT2D eigenvalue weighted by Crippen LogP contribution is 2.36. The molecule has 0 radical (unpaired) electrons. The van der Waals surface area contributed by atoms with Crippen molar-refractivity contribution in [2.45, 2.75) is 58.7 Å². The maximum Gasteiger partial charge on any atom is 0.292 e. The number of amides is 1. The lowest BCUT2D eigenvalue weighted by Gasteiger charge is -2.35. The van der Waals surface area contributed by atoms with Gasteiger partial charge in [0.2, 0.25) is 5.76 Å². The molecule has 1 saturated heterocycles. The first-order valence-corrected chi connectivity index (χ1v) is 9.08. The van der Waals surface area contributed by atoms with Gasteiger partial charge in [-0.25, -0.2) is 4.98 Å². The molecular weight excluding hydrogens is 320 g/mol. The number of ether oxygens (including phenoxy) is 1. The predicted molar refractivity (Wildman–Crippen MR) is 90.1 cm³/mol. The fourth-order valence-electron chi connectivity index (χ4n) is 3.96. The maximum absolute atomic E-state index is 13.0. The van der Waals surface area contributed by atoms with Crippen molar-refractivity contribution >= 4 is 5.91 Å². The zero-order valence-electron chi connectivity index (χ0n) is 14.8. The second-order valence-electron chi connectivity index (χ2n) is 6.71. The van der Waals surface area contributed by atoms with Gasteiger partial charge in [-0.05, 0) is 33.1 Å². The summed E-state index contributed by atoms with van der Waals surface area (Å²) in [7, 11) is 0. The average Bonchev–Trinajstić information content (AvgIpc) is 3.24. The van der Waals surface area contributed by atoms with Gasteiger partial charge in [-0.1, -0.05) is 0 Å². The number of carbonyl (C=O) groups excluding carboxylic acids is 1. The smallest absolute Gasteiger partial charge is 0.292 e. The van der Waals surface area contributed by atoms with E-state index in [2.05, 4.69) is 16.6 Å². The van der Waals surface area contributed by atoms with Crippen molar-refractivity contribution in [2.75, 3.05) is 13.2 Å². The molecule has 134 valence electrons. The van der Waals surface area contributed by atoms with Gasteiger partial charge < -0.3 is 14.1 Å². The van der Waals surface area contributed by atoms with Crippen LogP contribution in [0.15, 0.2) is 10.8 Å². The molecule has 2 aromatic heterocycles. The lowest BCUT2D eigenvalue weighted by atomic mass is 9.95. The quantitative estimate of drug-likeness (QED) is 0.856. The van der Waals surface area contributed by atoms with E-state index in [0.29, 0.717) is 18.1 Å². The van der Waals surface area contributed by atoms with Crippen LogP contribution in [0, 0.1) is 6.92 Å². The summed E-state index contributed by atoms with van der Waals surface area (Å²) in [5.41, 5.74) is 4.07. The van der Waals surface area contributed by atoms with Crippen LogP contribution in [-0.2, 0) is 24.3 Å². The molecule has 2 aromatic rings. The molecule has 1 unspecified atom stereocenters. The van der Waals surface area contributed by atoms with Crippen LogP contribution in [0.5, 0.6) is 0 Å². The first-order valence-electron chi connectivity index (χ1n) is 9.08. The Morgan fingerprint density at radius 3 is 3.04 bits per heavy atom. The van der Waals surface area contributed by atoms with E-state index in [0.717, 1.165) is 51.1 Å². The molecule has 0 bridgehead atoms. The molecule has 4 heterocycles. The van der Waals surface area contributed by atoms with Crippen LogP contribution in [0.2, 0.25) is 0 Å². The van der Waals surface area contributed by atoms with Gasteiger partial charge >= 0.3 is 0 Å². The molecule has 1 atom stereocenters. The van der Waals surface area contributed by atoms with Crippen molar-refractivity contribution < 1.29 is 13.9 Å². The summed E-state index contributed by atoms with van der Waals surface area (Å²) < 4.78 is 13.1. The van der Waals surface area contributed by atoms with Gasteiger partial charge in [-0.3, -0.25) is 9.48 Å².